The van der Waals surface area contributed by atoms with E-state index in [1.165, 1.54) is 35.1 Å². The Kier molecular flexibility index (Phi) is 10.1. The van der Waals surface area contributed by atoms with Crippen molar-refractivity contribution in [3.05, 3.63) is 64.7 Å². The minimum atomic E-state index is -0.770. The number of hydrogen-bond acceptors (Lipinski definition) is 12. The predicted octanol–water partition coefficient (Wildman–Crippen LogP) is 5.32. The van der Waals surface area contributed by atoms with Crippen LogP contribution >= 0.6 is 11.3 Å². The quantitative estimate of drug-likeness (QED) is 0.173. The van der Waals surface area contributed by atoms with Crippen LogP contribution in [0.2, 0.25) is 0 Å². The lowest BCUT2D eigenvalue weighted by atomic mass is 9.94. The van der Waals surface area contributed by atoms with Gasteiger partial charge in [-0.3, -0.25) is 29.2 Å². The molecule has 0 aliphatic carbocycles. The summed E-state index contributed by atoms with van der Waals surface area (Å²) in [6, 6.07) is 7.00. The molecule has 0 saturated carbocycles. The summed E-state index contributed by atoms with van der Waals surface area (Å²) >= 11 is 1.37. The van der Waals surface area contributed by atoms with Gasteiger partial charge in [-0.2, -0.15) is 5.10 Å². The molecule has 2 aromatic carbocycles. The van der Waals surface area contributed by atoms with E-state index >= 15 is 4.39 Å². The van der Waals surface area contributed by atoms with Crippen molar-refractivity contribution in [2.75, 3.05) is 66.7 Å². The Bertz CT molecular complexity index is 2520. The Morgan fingerprint density at radius 3 is 2.52 bits per heavy atom. The number of benzene rings is 2. The van der Waals surface area contributed by atoms with Gasteiger partial charge in [-0.1, -0.05) is 0 Å². The van der Waals surface area contributed by atoms with Gasteiger partial charge in [0.05, 0.1) is 45.3 Å². The SMILES string of the molecule is Nc1ncnc2c(C(=O)Nc3cc4cn(C5CCN(CC6CCN(c7cc(F)c8c(c7)C(=O)N(C7CCC(=O)NC7=O)C8)CC6)CC5)nc4cc3N3CCCCC3)csc12. The number of rotatable bonds is 8. The van der Waals surface area contributed by atoms with E-state index in [2.05, 4.69) is 58.3 Å². The highest BCUT2D eigenvalue weighted by molar-refractivity contribution is 7.18. The minimum absolute atomic E-state index is 0.0320. The lowest BCUT2D eigenvalue weighted by Crippen LogP contribution is -2.52. The maximum Gasteiger partial charge on any atom is 0.258 e. The molecule has 1 atom stereocenters. The number of nitrogens with two attached hydrogens (primary N) is 1. The highest BCUT2D eigenvalue weighted by Crippen LogP contribution is 2.37. The van der Waals surface area contributed by atoms with E-state index in [0.29, 0.717) is 44.3 Å². The average Bonchev–Trinajstić information content (AvgIpc) is 3.98. The molecule has 312 valence electrons. The molecule has 5 aromatic rings. The number of imide groups is 1. The first-order valence-electron chi connectivity index (χ1n) is 21.2. The Morgan fingerprint density at radius 1 is 0.933 bits per heavy atom. The predicted molar refractivity (Wildman–Crippen MR) is 228 cm³/mol. The Morgan fingerprint density at radius 2 is 1.73 bits per heavy atom. The molecule has 17 heteroatoms. The van der Waals surface area contributed by atoms with Crippen LogP contribution in [0.3, 0.4) is 0 Å². The minimum Gasteiger partial charge on any atom is -0.382 e. The number of anilines is 4. The molecular formula is C43H48FN11O4S. The number of aromatic nitrogens is 4. The van der Waals surface area contributed by atoms with Crippen LogP contribution in [-0.2, 0) is 16.1 Å². The first kappa shape index (κ1) is 38.5. The molecule has 10 rings (SSSR count). The molecule has 4 amide bonds. The van der Waals surface area contributed by atoms with Crippen LogP contribution in [0, 0.1) is 11.7 Å². The fourth-order valence-corrected chi connectivity index (χ4v) is 10.8. The summed E-state index contributed by atoms with van der Waals surface area (Å²) in [7, 11) is 0. The zero-order valence-corrected chi connectivity index (χ0v) is 34.2. The van der Waals surface area contributed by atoms with Gasteiger partial charge in [0.25, 0.3) is 11.8 Å². The molecule has 0 bridgehead atoms. The van der Waals surface area contributed by atoms with Crippen molar-refractivity contribution in [2.45, 2.75) is 76.4 Å². The summed E-state index contributed by atoms with van der Waals surface area (Å²) < 4.78 is 18.3. The number of hydrogen-bond donors (Lipinski definition) is 3. The second kappa shape index (κ2) is 15.7. The number of thiophene rings is 1. The van der Waals surface area contributed by atoms with E-state index in [1.54, 1.807) is 11.4 Å². The molecule has 8 heterocycles. The number of likely N-dealkylation sites (tertiary alicyclic amines) is 1. The monoisotopic (exact) mass is 833 g/mol. The molecule has 4 N–H and O–H groups in total. The number of fused-ring (bicyclic) bond motifs is 3. The van der Waals surface area contributed by atoms with Gasteiger partial charge < -0.3 is 30.7 Å². The van der Waals surface area contributed by atoms with Crippen molar-refractivity contribution >= 4 is 79.0 Å². The Hall–Kier alpha value is -5.68. The van der Waals surface area contributed by atoms with Crippen LogP contribution in [0.25, 0.3) is 21.1 Å². The lowest BCUT2D eigenvalue weighted by molar-refractivity contribution is -0.136. The second-order valence-electron chi connectivity index (χ2n) is 16.9. The molecule has 4 fully saturated rings. The summed E-state index contributed by atoms with van der Waals surface area (Å²) in [5.74, 6) is -0.970. The highest BCUT2D eigenvalue weighted by Gasteiger charge is 2.41. The van der Waals surface area contributed by atoms with Crippen LogP contribution in [0.5, 0.6) is 0 Å². The van der Waals surface area contributed by atoms with Crippen molar-refractivity contribution in [3.63, 3.8) is 0 Å². The van der Waals surface area contributed by atoms with Gasteiger partial charge in [-0.15, -0.1) is 11.3 Å². The number of carbonyl (C=O) groups is 4. The summed E-state index contributed by atoms with van der Waals surface area (Å²) in [4.78, 5) is 68.1. The van der Waals surface area contributed by atoms with Gasteiger partial charge in [0.2, 0.25) is 11.8 Å². The molecule has 1 unspecified atom stereocenters. The molecule has 15 nitrogen and oxygen atoms in total. The number of piperidine rings is 4. The van der Waals surface area contributed by atoms with Gasteiger partial charge in [-0.25, -0.2) is 14.4 Å². The zero-order chi connectivity index (χ0) is 41.1. The van der Waals surface area contributed by atoms with Crippen molar-refractivity contribution in [1.82, 2.24) is 34.9 Å². The third-order valence-corrected chi connectivity index (χ3v) is 14.2. The van der Waals surface area contributed by atoms with E-state index in [1.807, 2.05) is 0 Å². The Balaban J connectivity index is 0.764. The Labute approximate surface area is 350 Å². The fraction of sp³-hybridized carbons (Fsp3) is 0.465. The number of nitrogens with one attached hydrogen (secondary N) is 2. The van der Waals surface area contributed by atoms with Crippen molar-refractivity contribution in [2.24, 2.45) is 5.92 Å². The molecule has 5 aliphatic heterocycles. The van der Waals surface area contributed by atoms with E-state index in [9.17, 15) is 19.2 Å². The topological polar surface area (TPSA) is 175 Å². The van der Waals surface area contributed by atoms with Crippen molar-refractivity contribution in [3.8, 4) is 0 Å². The van der Waals surface area contributed by atoms with E-state index < -0.39 is 17.8 Å². The summed E-state index contributed by atoms with van der Waals surface area (Å²) in [5.41, 5.74) is 11.1. The summed E-state index contributed by atoms with van der Waals surface area (Å²) in [5, 5.41) is 13.4. The van der Waals surface area contributed by atoms with E-state index in [0.717, 1.165) is 107 Å². The van der Waals surface area contributed by atoms with Gasteiger partial charge in [0, 0.05) is 86.0 Å². The first-order chi connectivity index (χ1) is 29.2. The van der Waals surface area contributed by atoms with Gasteiger partial charge >= 0.3 is 0 Å². The lowest BCUT2D eigenvalue weighted by Gasteiger charge is -2.38. The summed E-state index contributed by atoms with van der Waals surface area (Å²) in [6.45, 7) is 6.41. The maximum atomic E-state index is 15.4. The molecule has 0 radical (unpaired) electrons. The smallest absolute Gasteiger partial charge is 0.258 e. The average molecular weight is 834 g/mol. The third kappa shape index (κ3) is 7.20. The largest absolute Gasteiger partial charge is 0.382 e. The molecular weight excluding hydrogens is 786 g/mol. The molecule has 5 aliphatic rings. The van der Waals surface area contributed by atoms with Crippen LogP contribution in [0.15, 0.2) is 42.2 Å². The van der Waals surface area contributed by atoms with Gasteiger partial charge in [-0.05, 0) is 81.5 Å². The highest BCUT2D eigenvalue weighted by atomic mass is 32.1. The van der Waals surface area contributed by atoms with Crippen LogP contribution in [-0.4, -0.2) is 105 Å². The molecule has 3 aromatic heterocycles. The van der Waals surface area contributed by atoms with Gasteiger partial charge in [0.15, 0.2) is 0 Å². The van der Waals surface area contributed by atoms with E-state index in [4.69, 9.17) is 10.8 Å². The standard InChI is InChI=1S/C43H48FN11O4S/c44-32-18-28(17-29-30(32)22-54(43(29)59)35-4-5-37(56)49-42(35)58)52-14-6-25(7-15-52)20-51-12-8-27(9-13-51)55-21-26-16-34(36(19-33(26)50-55)53-10-2-1-3-11-53)48-41(57)31-23-60-39-38(31)46-24-47-40(39)45/h16-19,21,23-25,27,35H,1-15,20,22H2,(H,48,57)(H2,45,46,47)(H,49,56,58). The maximum absolute atomic E-state index is 15.4. The number of halogens is 1. The number of nitrogen functional groups attached to an aromatic ring is 1. The third-order valence-electron chi connectivity index (χ3n) is 13.2. The number of nitrogens with zero attached hydrogens (tertiary/aromatic N) is 8. The van der Waals surface area contributed by atoms with Crippen molar-refractivity contribution < 1.29 is 23.6 Å². The summed E-state index contributed by atoms with van der Waals surface area (Å²) in [6.07, 6.45) is 11.3. The first-order valence-corrected chi connectivity index (χ1v) is 22.1. The van der Waals surface area contributed by atoms with Crippen LogP contribution in [0.4, 0.5) is 27.3 Å². The molecule has 4 saturated heterocycles. The molecule has 0 spiro atoms. The second-order valence-corrected chi connectivity index (χ2v) is 17.8. The fourth-order valence-electron chi connectivity index (χ4n) is 9.87. The zero-order valence-electron chi connectivity index (χ0n) is 33.4. The number of carbonyl (C=O) groups excluding carboxylic acids is 4. The van der Waals surface area contributed by atoms with Crippen LogP contribution < -0.4 is 26.2 Å². The molecule has 60 heavy (non-hydrogen) atoms. The van der Waals surface area contributed by atoms with Crippen molar-refractivity contribution in [1.29, 1.82) is 0 Å². The normalized spacial score (nSPS) is 21.0. The van der Waals surface area contributed by atoms with Gasteiger partial charge in [0.1, 0.15) is 24.0 Å². The number of amides is 4. The van der Waals surface area contributed by atoms with E-state index in [-0.39, 0.29) is 43.1 Å². The van der Waals surface area contributed by atoms with Crippen LogP contribution in [0.1, 0.15) is 90.1 Å².